The van der Waals surface area contributed by atoms with Crippen molar-refractivity contribution in [2.24, 2.45) is 0 Å². The van der Waals surface area contributed by atoms with Gasteiger partial charge in [-0.05, 0) is 50.2 Å². The van der Waals surface area contributed by atoms with Crippen molar-refractivity contribution in [3.05, 3.63) is 52.2 Å². The first kappa shape index (κ1) is 15.6. The molecular weight excluding hydrogens is 318 g/mol. The van der Waals surface area contributed by atoms with Gasteiger partial charge in [0.15, 0.2) is 5.43 Å². The highest BCUT2D eigenvalue weighted by molar-refractivity contribution is 7.24. The number of methoxy groups -OCH3 is 1. The van der Waals surface area contributed by atoms with Crippen LogP contribution in [0, 0.1) is 0 Å². The third-order valence-corrected chi connectivity index (χ3v) is 6.10. The van der Waals surface area contributed by atoms with Crippen molar-refractivity contribution in [3.63, 3.8) is 0 Å². The maximum atomic E-state index is 12.9. The van der Waals surface area contributed by atoms with E-state index in [2.05, 4.69) is 4.90 Å². The number of fused-ring (bicyclic) bond motifs is 2. The number of piperidine rings is 1. The van der Waals surface area contributed by atoms with Crippen LogP contribution in [0.4, 0.5) is 0 Å². The maximum absolute atomic E-state index is 12.9. The first-order valence-corrected chi connectivity index (χ1v) is 9.33. The summed E-state index contributed by atoms with van der Waals surface area (Å²) in [7, 11) is 1.71. The van der Waals surface area contributed by atoms with Crippen molar-refractivity contribution in [2.75, 3.05) is 20.2 Å². The minimum atomic E-state index is 0.127. The van der Waals surface area contributed by atoms with Gasteiger partial charge in [0, 0.05) is 32.3 Å². The van der Waals surface area contributed by atoms with Crippen LogP contribution in [0.25, 0.3) is 20.2 Å². The normalized spacial score (nSPS) is 15.9. The molecule has 0 unspecified atom stereocenters. The summed E-state index contributed by atoms with van der Waals surface area (Å²) >= 11 is 1.70. The average Bonchev–Trinajstić information content (AvgIpc) is 2.63. The Morgan fingerprint density at radius 1 is 1.04 bits per heavy atom. The monoisotopic (exact) mass is 339 g/mol. The van der Waals surface area contributed by atoms with Crippen LogP contribution in [-0.4, -0.2) is 25.1 Å². The number of ether oxygens (including phenoxy) is 1. The second-order valence-corrected chi connectivity index (χ2v) is 7.44. The molecule has 0 bridgehead atoms. The van der Waals surface area contributed by atoms with Gasteiger partial charge in [0.05, 0.1) is 7.11 Å². The van der Waals surface area contributed by atoms with E-state index in [0.717, 1.165) is 51.1 Å². The third-order valence-electron chi connectivity index (χ3n) is 4.86. The van der Waals surface area contributed by atoms with Crippen LogP contribution in [0.5, 0.6) is 5.75 Å². The quantitative estimate of drug-likeness (QED) is 0.662. The standard InChI is InChI=1S/C20H21NO2S/c1-23-17-10-9-15-19(22)14-7-3-4-8-18(14)24-20(15)16(17)13-21-11-5-2-6-12-21/h3-4,7-10H,2,5-6,11-13H2,1H3. The van der Waals surface area contributed by atoms with Gasteiger partial charge < -0.3 is 4.74 Å². The van der Waals surface area contributed by atoms with Gasteiger partial charge >= 0.3 is 0 Å². The second kappa shape index (κ2) is 6.54. The number of nitrogens with zero attached hydrogens (tertiary/aromatic N) is 1. The Morgan fingerprint density at radius 3 is 2.62 bits per heavy atom. The number of hydrogen-bond acceptors (Lipinski definition) is 4. The van der Waals surface area contributed by atoms with Crippen LogP contribution in [0.15, 0.2) is 41.2 Å². The van der Waals surface area contributed by atoms with Gasteiger partial charge in [-0.3, -0.25) is 9.69 Å². The van der Waals surface area contributed by atoms with Crippen LogP contribution in [0.3, 0.4) is 0 Å². The van der Waals surface area contributed by atoms with Crippen molar-refractivity contribution < 1.29 is 4.74 Å². The highest BCUT2D eigenvalue weighted by atomic mass is 32.1. The van der Waals surface area contributed by atoms with Gasteiger partial charge in [-0.15, -0.1) is 11.3 Å². The summed E-state index contributed by atoms with van der Waals surface area (Å²) in [4.78, 5) is 15.4. The Bertz CT molecular complexity index is 941. The molecule has 3 nitrogen and oxygen atoms in total. The molecule has 4 heteroatoms. The molecule has 1 saturated heterocycles. The summed E-state index contributed by atoms with van der Waals surface area (Å²) in [6, 6.07) is 11.7. The Labute approximate surface area is 145 Å². The Kier molecular flexibility index (Phi) is 4.25. The highest BCUT2D eigenvalue weighted by Crippen LogP contribution is 2.34. The van der Waals surface area contributed by atoms with E-state index in [-0.39, 0.29) is 5.43 Å². The molecule has 0 aliphatic carbocycles. The van der Waals surface area contributed by atoms with Crippen LogP contribution >= 0.6 is 11.3 Å². The van der Waals surface area contributed by atoms with Crippen molar-refractivity contribution >= 4 is 31.5 Å². The highest BCUT2D eigenvalue weighted by Gasteiger charge is 2.18. The first-order valence-electron chi connectivity index (χ1n) is 8.52. The summed E-state index contributed by atoms with van der Waals surface area (Å²) in [6.45, 7) is 3.11. The van der Waals surface area contributed by atoms with E-state index in [0.29, 0.717) is 0 Å². The zero-order valence-corrected chi connectivity index (χ0v) is 14.7. The zero-order valence-electron chi connectivity index (χ0n) is 13.9. The number of benzene rings is 2. The molecule has 0 atom stereocenters. The molecular formula is C20H21NO2S. The lowest BCUT2D eigenvalue weighted by Gasteiger charge is -2.27. The lowest BCUT2D eigenvalue weighted by Crippen LogP contribution is -2.29. The molecule has 1 fully saturated rings. The van der Waals surface area contributed by atoms with Crippen LogP contribution < -0.4 is 10.2 Å². The molecule has 2 heterocycles. The molecule has 3 aromatic rings. The van der Waals surface area contributed by atoms with Gasteiger partial charge in [-0.1, -0.05) is 18.6 Å². The van der Waals surface area contributed by atoms with E-state index in [1.54, 1.807) is 18.4 Å². The van der Waals surface area contributed by atoms with Crippen molar-refractivity contribution in [3.8, 4) is 5.75 Å². The minimum Gasteiger partial charge on any atom is -0.496 e. The molecule has 0 radical (unpaired) electrons. The minimum absolute atomic E-state index is 0.127. The van der Waals surface area contributed by atoms with Crippen molar-refractivity contribution in [1.29, 1.82) is 0 Å². The molecule has 4 rings (SSSR count). The topological polar surface area (TPSA) is 29.5 Å². The fourth-order valence-electron chi connectivity index (χ4n) is 3.59. The van der Waals surface area contributed by atoms with Crippen LogP contribution in [-0.2, 0) is 6.54 Å². The SMILES string of the molecule is COc1ccc2c(=O)c3ccccc3sc2c1CN1CCCCC1. The molecule has 0 saturated carbocycles. The summed E-state index contributed by atoms with van der Waals surface area (Å²) in [5, 5.41) is 1.62. The van der Waals surface area contributed by atoms with Gasteiger partial charge in [-0.25, -0.2) is 0 Å². The molecule has 0 amide bonds. The lowest BCUT2D eigenvalue weighted by molar-refractivity contribution is 0.219. The van der Waals surface area contributed by atoms with Gasteiger partial charge in [0.1, 0.15) is 5.75 Å². The van der Waals surface area contributed by atoms with Crippen molar-refractivity contribution in [2.45, 2.75) is 25.8 Å². The first-order chi connectivity index (χ1) is 11.8. The fraction of sp³-hybridized carbons (Fsp3) is 0.350. The van der Waals surface area contributed by atoms with Crippen LogP contribution in [0.1, 0.15) is 24.8 Å². The molecule has 1 aliphatic heterocycles. The van der Waals surface area contributed by atoms with E-state index in [1.165, 1.54) is 19.3 Å². The predicted molar refractivity (Wildman–Crippen MR) is 101 cm³/mol. The van der Waals surface area contributed by atoms with Gasteiger partial charge in [0.25, 0.3) is 0 Å². The summed E-state index contributed by atoms with van der Waals surface area (Å²) < 4.78 is 7.74. The summed E-state index contributed by atoms with van der Waals surface area (Å²) in [6.07, 6.45) is 3.83. The van der Waals surface area contributed by atoms with Gasteiger partial charge in [-0.2, -0.15) is 0 Å². The maximum Gasteiger partial charge on any atom is 0.195 e. The Balaban J connectivity index is 1.93. The number of likely N-dealkylation sites (tertiary alicyclic amines) is 1. The molecule has 24 heavy (non-hydrogen) atoms. The zero-order chi connectivity index (χ0) is 16.5. The predicted octanol–water partition coefficient (Wildman–Crippen LogP) is 4.41. The molecule has 1 aromatic heterocycles. The van der Waals surface area contributed by atoms with Gasteiger partial charge in [0.2, 0.25) is 0 Å². The smallest absolute Gasteiger partial charge is 0.195 e. The van der Waals surface area contributed by atoms with Crippen LogP contribution in [0.2, 0.25) is 0 Å². The Hall–Kier alpha value is -1.91. The molecule has 2 aromatic carbocycles. The molecule has 124 valence electrons. The van der Waals surface area contributed by atoms with E-state index in [9.17, 15) is 4.79 Å². The Morgan fingerprint density at radius 2 is 1.83 bits per heavy atom. The lowest BCUT2D eigenvalue weighted by atomic mass is 10.1. The van der Waals surface area contributed by atoms with E-state index < -0.39 is 0 Å². The molecule has 0 spiro atoms. The van der Waals surface area contributed by atoms with Crippen molar-refractivity contribution in [1.82, 2.24) is 4.90 Å². The average molecular weight is 339 g/mol. The third kappa shape index (κ3) is 2.70. The summed E-state index contributed by atoms with van der Waals surface area (Å²) in [5.74, 6) is 0.888. The van der Waals surface area contributed by atoms with E-state index in [4.69, 9.17) is 4.74 Å². The molecule has 1 aliphatic rings. The van der Waals surface area contributed by atoms with E-state index >= 15 is 0 Å². The molecule has 0 N–H and O–H groups in total. The number of rotatable bonds is 3. The number of hydrogen-bond donors (Lipinski definition) is 0. The largest absolute Gasteiger partial charge is 0.496 e. The second-order valence-electron chi connectivity index (χ2n) is 6.39. The van der Waals surface area contributed by atoms with E-state index in [1.807, 2.05) is 36.4 Å². The fourth-order valence-corrected chi connectivity index (χ4v) is 4.78. The summed E-state index contributed by atoms with van der Waals surface area (Å²) in [5.41, 5.74) is 1.28.